The molecule has 0 bridgehead atoms. The number of nitrogens with zero attached hydrogens (tertiary/aromatic N) is 2. The molecule has 1 aromatic heterocycles. The molecule has 2 rings (SSSR count). The van der Waals surface area contributed by atoms with E-state index in [1.807, 2.05) is 0 Å². The first-order chi connectivity index (χ1) is 9.47. The maximum atomic E-state index is 12.6. The second kappa shape index (κ2) is 5.92. The number of rotatable bonds is 3. The van der Waals surface area contributed by atoms with Crippen molar-refractivity contribution in [1.82, 2.24) is 4.98 Å². The van der Waals surface area contributed by atoms with Crippen molar-refractivity contribution in [2.45, 2.75) is 6.18 Å². The molecule has 0 saturated heterocycles. The Morgan fingerprint density at radius 3 is 2.70 bits per heavy atom. The fraction of sp³-hybridized carbons (Fsp3) is 0.0769. The van der Waals surface area contributed by atoms with Crippen LogP contribution in [-0.2, 0) is 6.18 Å². The number of hydrazone groups is 1. The van der Waals surface area contributed by atoms with Crippen molar-refractivity contribution in [3.8, 4) is 0 Å². The van der Waals surface area contributed by atoms with E-state index in [0.717, 1.165) is 12.1 Å². The van der Waals surface area contributed by atoms with Crippen LogP contribution in [0.15, 0.2) is 47.8 Å². The predicted molar refractivity (Wildman–Crippen MR) is 71.9 cm³/mol. The van der Waals surface area contributed by atoms with Crippen molar-refractivity contribution in [2.24, 2.45) is 5.10 Å². The minimum Gasteiger partial charge on any atom is -0.277 e. The maximum absolute atomic E-state index is 12.6. The third-order valence-corrected chi connectivity index (χ3v) is 2.71. The van der Waals surface area contributed by atoms with Gasteiger partial charge in [0.1, 0.15) is 0 Å². The van der Waals surface area contributed by atoms with E-state index in [-0.39, 0.29) is 10.7 Å². The normalized spacial score (nSPS) is 11.8. The monoisotopic (exact) mass is 299 g/mol. The molecule has 3 nitrogen and oxygen atoms in total. The zero-order valence-corrected chi connectivity index (χ0v) is 10.8. The molecule has 1 aromatic carbocycles. The summed E-state index contributed by atoms with van der Waals surface area (Å²) in [4.78, 5) is 3.88. The van der Waals surface area contributed by atoms with Gasteiger partial charge in [-0.1, -0.05) is 17.7 Å². The Balaban J connectivity index is 2.15. The highest BCUT2D eigenvalue weighted by Crippen LogP contribution is 2.33. The lowest BCUT2D eigenvalue weighted by atomic mass is 10.2. The molecule has 0 aliphatic rings. The molecule has 1 N–H and O–H groups in total. The van der Waals surface area contributed by atoms with Crippen LogP contribution in [0.4, 0.5) is 18.9 Å². The number of hydrogen-bond donors (Lipinski definition) is 1. The van der Waals surface area contributed by atoms with Gasteiger partial charge in [-0.05, 0) is 24.3 Å². The van der Waals surface area contributed by atoms with E-state index in [1.54, 1.807) is 24.5 Å². The minimum absolute atomic E-state index is 0.0848. The molecule has 2 aromatic rings. The Morgan fingerprint density at radius 1 is 1.25 bits per heavy atom. The van der Waals surface area contributed by atoms with Crippen molar-refractivity contribution in [1.29, 1.82) is 0 Å². The van der Waals surface area contributed by atoms with Crippen molar-refractivity contribution < 1.29 is 13.2 Å². The van der Waals surface area contributed by atoms with Gasteiger partial charge in [0.2, 0.25) is 0 Å². The van der Waals surface area contributed by atoms with Crippen LogP contribution in [0.1, 0.15) is 11.1 Å². The van der Waals surface area contributed by atoms with Gasteiger partial charge in [0.15, 0.2) is 0 Å². The number of benzene rings is 1. The highest BCUT2D eigenvalue weighted by atomic mass is 35.5. The summed E-state index contributed by atoms with van der Waals surface area (Å²) < 4.78 is 37.7. The molecule has 0 aliphatic heterocycles. The molecule has 7 heteroatoms. The number of pyridine rings is 1. The van der Waals surface area contributed by atoms with Crippen molar-refractivity contribution in [2.75, 3.05) is 5.43 Å². The highest BCUT2D eigenvalue weighted by Gasteiger charge is 2.30. The molecule has 0 radical (unpaired) electrons. The molecule has 0 unspecified atom stereocenters. The van der Waals surface area contributed by atoms with Crippen LogP contribution in [-0.4, -0.2) is 11.2 Å². The first-order valence-electron chi connectivity index (χ1n) is 5.52. The number of aromatic nitrogens is 1. The number of anilines is 1. The van der Waals surface area contributed by atoms with E-state index in [4.69, 9.17) is 11.6 Å². The van der Waals surface area contributed by atoms with E-state index in [0.29, 0.717) is 5.56 Å². The van der Waals surface area contributed by atoms with Crippen LogP contribution in [0.5, 0.6) is 0 Å². The largest absolute Gasteiger partial charge is 0.416 e. The molecular weight excluding hydrogens is 291 g/mol. The van der Waals surface area contributed by atoms with Crippen LogP contribution in [0.25, 0.3) is 0 Å². The van der Waals surface area contributed by atoms with Gasteiger partial charge >= 0.3 is 6.18 Å². The average Bonchev–Trinajstić information content (AvgIpc) is 2.41. The second-order valence-electron chi connectivity index (χ2n) is 3.85. The smallest absolute Gasteiger partial charge is 0.277 e. The zero-order chi connectivity index (χ0) is 14.6. The van der Waals surface area contributed by atoms with E-state index < -0.39 is 11.7 Å². The number of halogens is 4. The molecule has 0 atom stereocenters. The third kappa shape index (κ3) is 3.71. The summed E-state index contributed by atoms with van der Waals surface area (Å²) in [5.41, 5.74) is 2.49. The second-order valence-corrected chi connectivity index (χ2v) is 4.26. The van der Waals surface area contributed by atoms with Crippen molar-refractivity contribution in [3.63, 3.8) is 0 Å². The first-order valence-corrected chi connectivity index (χ1v) is 5.90. The van der Waals surface area contributed by atoms with E-state index in [2.05, 4.69) is 15.5 Å². The molecule has 20 heavy (non-hydrogen) atoms. The van der Waals surface area contributed by atoms with E-state index in [1.165, 1.54) is 12.3 Å². The number of alkyl halides is 3. The van der Waals surface area contributed by atoms with Crippen LogP contribution in [0.3, 0.4) is 0 Å². The van der Waals surface area contributed by atoms with Gasteiger partial charge < -0.3 is 0 Å². The number of nitrogens with one attached hydrogen (secondary N) is 1. The minimum atomic E-state index is -4.42. The van der Waals surface area contributed by atoms with E-state index in [9.17, 15) is 13.2 Å². The van der Waals surface area contributed by atoms with Crippen LogP contribution < -0.4 is 5.43 Å². The molecule has 0 amide bonds. The quantitative estimate of drug-likeness (QED) is 0.681. The summed E-state index contributed by atoms with van der Waals surface area (Å²) >= 11 is 5.81. The highest BCUT2D eigenvalue weighted by molar-refractivity contribution is 6.33. The summed E-state index contributed by atoms with van der Waals surface area (Å²) in [6.45, 7) is 0. The van der Waals surface area contributed by atoms with Gasteiger partial charge in [0, 0.05) is 18.0 Å². The maximum Gasteiger partial charge on any atom is 0.416 e. The van der Waals surface area contributed by atoms with Gasteiger partial charge in [-0.2, -0.15) is 18.3 Å². The first kappa shape index (κ1) is 14.3. The van der Waals surface area contributed by atoms with Crippen molar-refractivity contribution in [3.05, 3.63) is 58.9 Å². The van der Waals surface area contributed by atoms with Gasteiger partial charge in [0.05, 0.1) is 22.5 Å². The lowest BCUT2D eigenvalue weighted by molar-refractivity contribution is -0.137. The summed E-state index contributed by atoms with van der Waals surface area (Å²) in [6, 6.07) is 6.47. The van der Waals surface area contributed by atoms with Gasteiger partial charge in [-0.3, -0.25) is 10.4 Å². The zero-order valence-electron chi connectivity index (χ0n) is 10.0. The summed E-state index contributed by atoms with van der Waals surface area (Å²) in [5.74, 6) is 0. The van der Waals surface area contributed by atoms with E-state index >= 15 is 0 Å². The Bertz CT molecular complexity index is 612. The van der Waals surface area contributed by atoms with Gasteiger partial charge in [-0.15, -0.1) is 0 Å². The molecule has 0 saturated carbocycles. The standard InChI is InChI=1S/C13H9ClF3N3/c14-11-4-3-10(13(15,16)17)6-12(11)20-19-8-9-2-1-5-18-7-9/h1-8,20H. The Hall–Kier alpha value is -2.08. The van der Waals surface area contributed by atoms with Crippen molar-refractivity contribution >= 4 is 23.5 Å². The third-order valence-electron chi connectivity index (χ3n) is 2.38. The lowest BCUT2D eigenvalue weighted by Crippen LogP contribution is -2.05. The molecule has 1 heterocycles. The summed E-state index contributed by atoms with van der Waals surface area (Å²) in [6.07, 6.45) is 0.186. The molecule has 0 aliphatic carbocycles. The number of hydrogen-bond acceptors (Lipinski definition) is 3. The van der Waals surface area contributed by atoms with Crippen LogP contribution in [0, 0.1) is 0 Å². The SMILES string of the molecule is FC(F)(F)c1ccc(Cl)c(NN=Cc2cccnc2)c1. The fourth-order valence-corrected chi connectivity index (χ4v) is 1.58. The Kier molecular flexibility index (Phi) is 4.24. The summed E-state index contributed by atoms with van der Waals surface area (Å²) in [7, 11) is 0. The molecule has 104 valence electrons. The van der Waals surface area contributed by atoms with Gasteiger partial charge in [0.25, 0.3) is 0 Å². The topological polar surface area (TPSA) is 37.3 Å². The van der Waals surface area contributed by atoms with Crippen LogP contribution in [0.2, 0.25) is 5.02 Å². The predicted octanol–water partition coefficient (Wildman–Crippen LogP) is 4.20. The molecular formula is C13H9ClF3N3. The fourth-order valence-electron chi connectivity index (χ4n) is 1.42. The van der Waals surface area contributed by atoms with Crippen LogP contribution >= 0.6 is 11.6 Å². The Morgan fingerprint density at radius 2 is 2.05 bits per heavy atom. The van der Waals surface area contributed by atoms with Gasteiger partial charge in [-0.25, -0.2) is 0 Å². The summed E-state index contributed by atoms with van der Waals surface area (Å²) in [5, 5.41) is 3.98. The Labute approximate surface area is 118 Å². The molecule has 0 spiro atoms. The average molecular weight is 300 g/mol. The molecule has 0 fully saturated rings. The lowest BCUT2D eigenvalue weighted by Gasteiger charge is -2.09.